The van der Waals surface area contributed by atoms with Crippen molar-refractivity contribution in [2.24, 2.45) is 0 Å². The average molecular weight is 283 g/mol. The summed E-state index contributed by atoms with van der Waals surface area (Å²) in [6.45, 7) is 1.84. The molecule has 0 spiro atoms. The highest BCUT2D eigenvalue weighted by molar-refractivity contribution is 6.30. The molecule has 1 heterocycles. The van der Waals surface area contributed by atoms with E-state index < -0.39 is 0 Å². The van der Waals surface area contributed by atoms with Gasteiger partial charge in [0.05, 0.1) is 6.61 Å². The summed E-state index contributed by atoms with van der Waals surface area (Å²) >= 11 is 5.86. The van der Waals surface area contributed by atoms with Crippen LogP contribution in [0.1, 0.15) is 19.3 Å². The molecule has 1 atom stereocenters. The van der Waals surface area contributed by atoms with Gasteiger partial charge >= 0.3 is 0 Å². The molecule has 4 nitrogen and oxygen atoms in total. The van der Waals surface area contributed by atoms with E-state index >= 15 is 0 Å². The van der Waals surface area contributed by atoms with Crippen LogP contribution in [0, 0.1) is 0 Å². The molecular formula is C14H19ClN2O2. The molecule has 1 saturated heterocycles. The van der Waals surface area contributed by atoms with Crippen molar-refractivity contribution in [2.75, 3.05) is 25.0 Å². The smallest absolute Gasteiger partial charge is 0.225 e. The molecule has 1 fully saturated rings. The first kappa shape index (κ1) is 14.3. The monoisotopic (exact) mass is 282 g/mol. The van der Waals surface area contributed by atoms with E-state index in [2.05, 4.69) is 10.2 Å². The number of aliphatic hydroxyl groups is 1. The van der Waals surface area contributed by atoms with Crippen LogP contribution in [0.3, 0.4) is 0 Å². The predicted octanol–water partition coefficient (Wildman–Crippen LogP) is 2.13. The first-order valence-electron chi connectivity index (χ1n) is 6.59. The highest BCUT2D eigenvalue weighted by atomic mass is 35.5. The number of nitrogens with zero attached hydrogens (tertiary/aromatic N) is 1. The molecule has 0 saturated carbocycles. The van der Waals surface area contributed by atoms with E-state index in [1.54, 1.807) is 18.2 Å². The van der Waals surface area contributed by atoms with Gasteiger partial charge in [0, 0.05) is 29.7 Å². The fraction of sp³-hybridized carbons (Fsp3) is 0.500. The third-order valence-corrected chi connectivity index (χ3v) is 3.68. The third kappa shape index (κ3) is 4.20. The number of hydrogen-bond donors (Lipinski definition) is 2. The van der Waals surface area contributed by atoms with E-state index in [0.717, 1.165) is 25.1 Å². The Morgan fingerprint density at radius 2 is 2.37 bits per heavy atom. The Morgan fingerprint density at radius 1 is 1.53 bits per heavy atom. The fourth-order valence-electron chi connectivity index (χ4n) is 2.43. The normalized spacial score (nSPS) is 19.6. The highest BCUT2D eigenvalue weighted by Crippen LogP contribution is 2.18. The number of amides is 1. The van der Waals surface area contributed by atoms with Gasteiger partial charge in [0.25, 0.3) is 0 Å². The second-order valence-electron chi connectivity index (χ2n) is 4.82. The number of carbonyl (C=O) groups excluding carboxylic acids is 1. The molecule has 1 aliphatic heterocycles. The summed E-state index contributed by atoms with van der Waals surface area (Å²) in [6, 6.07) is 7.34. The van der Waals surface area contributed by atoms with Gasteiger partial charge in [0.15, 0.2) is 0 Å². The van der Waals surface area contributed by atoms with Crippen LogP contribution < -0.4 is 5.32 Å². The van der Waals surface area contributed by atoms with E-state index in [1.807, 2.05) is 6.07 Å². The van der Waals surface area contributed by atoms with Crippen molar-refractivity contribution in [2.45, 2.75) is 25.3 Å². The molecule has 104 valence electrons. The number of hydrogen-bond acceptors (Lipinski definition) is 3. The summed E-state index contributed by atoms with van der Waals surface area (Å²) in [6.07, 6.45) is 2.55. The van der Waals surface area contributed by atoms with Crippen LogP contribution in [0.25, 0.3) is 0 Å². The minimum atomic E-state index is -0.0224. The molecule has 0 bridgehead atoms. The summed E-state index contributed by atoms with van der Waals surface area (Å²) in [4.78, 5) is 14.0. The molecule has 1 aromatic carbocycles. The lowest BCUT2D eigenvalue weighted by molar-refractivity contribution is -0.116. The molecule has 1 aromatic rings. The number of rotatable bonds is 5. The van der Waals surface area contributed by atoms with Gasteiger partial charge in [-0.05, 0) is 37.6 Å². The number of halogens is 1. The molecule has 1 amide bonds. The standard InChI is InChI=1S/C14H19ClN2O2/c15-11-3-1-4-12(9-11)16-14(19)6-8-17-7-2-5-13(17)10-18/h1,3-4,9,13,18H,2,5-8,10H2,(H,16,19). The third-order valence-electron chi connectivity index (χ3n) is 3.44. The Kier molecular flexibility index (Phi) is 5.19. The molecule has 1 unspecified atom stereocenters. The van der Waals surface area contributed by atoms with Gasteiger partial charge in [0.1, 0.15) is 0 Å². The summed E-state index contributed by atoms with van der Waals surface area (Å²) < 4.78 is 0. The van der Waals surface area contributed by atoms with E-state index in [1.165, 1.54) is 0 Å². The van der Waals surface area contributed by atoms with E-state index in [4.69, 9.17) is 11.6 Å². The van der Waals surface area contributed by atoms with Crippen LogP contribution in [0.5, 0.6) is 0 Å². The summed E-state index contributed by atoms with van der Waals surface area (Å²) in [5, 5.41) is 12.6. The van der Waals surface area contributed by atoms with Gasteiger partial charge < -0.3 is 10.4 Å². The van der Waals surface area contributed by atoms with Crippen molar-refractivity contribution < 1.29 is 9.90 Å². The zero-order valence-corrected chi connectivity index (χ0v) is 11.6. The molecule has 2 N–H and O–H groups in total. The molecule has 1 aliphatic rings. The average Bonchev–Trinajstić information content (AvgIpc) is 2.83. The van der Waals surface area contributed by atoms with Gasteiger partial charge in [0.2, 0.25) is 5.91 Å². The van der Waals surface area contributed by atoms with E-state index in [0.29, 0.717) is 18.0 Å². The number of carbonyl (C=O) groups is 1. The Bertz CT molecular complexity index is 439. The Labute approximate surface area is 118 Å². The first-order chi connectivity index (χ1) is 9.19. The predicted molar refractivity (Wildman–Crippen MR) is 76.4 cm³/mol. The Hall–Kier alpha value is -1.10. The van der Waals surface area contributed by atoms with Gasteiger partial charge in [-0.3, -0.25) is 9.69 Å². The lowest BCUT2D eigenvalue weighted by Crippen LogP contribution is -2.34. The second kappa shape index (κ2) is 6.89. The number of likely N-dealkylation sites (tertiary alicyclic amines) is 1. The minimum Gasteiger partial charge on any atom is -0.395 e. The van der Waals surface area contributed by atoms with Gasteiger partial charge in [-0.25, -0.2) is 0 Å². The van der Waals surface area contributed by atoms with Crippen LogP contribution in [-0.4, -0.2) is 41.7 Å². The van der Waals surface area contributed by atoms with Crippen molar-refractivity contribution in [1.82, 2.24) is 4.90 Å². The van der Waals surface area contributed by atoms with Crippen LogP contribution in [0.4, 0.5) is 5.69 Å². The molecule has 19 heavy (non-hydrogen) atoms. The van der Waals surface area contributed by atoms with Crippen molar-refractivity contribution >= 4 is 23.2 Å². The maximum Gasteiger partial charge on any atom is 0.225 e. The first-order valence-corrected chi connectivity index (χ1v) is 6.97. The maximum absolute atomic E-state index is 11.8. The lowest BCUT2D eigenvalue weighted by Gasteiger charge is -2.22. The molecule has 2 rings (SSSR count). The quantitative estimate of drug-likeness (QED) is 0.870. The Morgan fingerprint density at radius 3 is 3.11 bits per heavy atom. The van der Waals surface area contributed by atoms with Gasteiger partial charge in [-0.1, -0.05) is 17.7 Å². The maximum atomic E-state index is 11.8. The number of aliphatic hydroxyl groups excluding tert-OH is 1. The largest absolute Gasteiger partial charge is 0.395 e. The number of benzene rings is 1. The van der Waals surface area contributed by atoms with E-state index in [9.17, 15) is 9.90 Å². The lowest BCUT2D eigenvalue weighted by atomic mass is 10.2. The highest BCUT2D eigenvalue weighted by Gasteiger charge is 2.23. The minimum absolute atomic E-state index is 0.0224. The Balaban J connectivity index is 1.78. The van der Waals surface area contributed by atoms with Crippen LogP contribution in [0.15, 0.2) is 24.3 Å². The zero-order chi connectivity index (χ0) is 13.7. The van der Waals surface area contributed by atoms with Crippen LogP contribution in [0.2, 0.25) is 5.02 Å². The molecule has 0 aliphatic carbocycles. The SMILES string of the molecule is O=C(CCN1CCCC1CO)Nc1cccc(Cl)c1. The summed E-state index contributed by atoms with van der Waals surface area (Å²) in [5.74, 6) is -0.0224. The van der Waals surface area contributed by atoms with Crippen LogP contribution in [-0.2, 0) is 4.79 Å². The van der Waals surface area contributed by atoms with Crippen LogP contribution >= 0.6 is 11.6 Å². The fourth-order valence-corrected chi connectivity index (χ4v) is 2.62. The van der Waals surface area contributed by atoms with Crippen molar-refractivity contribution in [3.8, 4) is 0 Å². The number of nitrogens with one attached hydrogen (secondary N) is 1. The summed E-state index contributed by atoms with van der Waals surface area (Å²) in [5.41, 5.74) is 0.720. The number of anilines is 1. The van der Waals surface area contributed by atoms with Crippen molar-refractivity contribution in [3.05, 3.63) is 29.3 Å². The van der Waals surface area contributed by atoms with Gasteiger partial charge in [-0.15, -0.1) is 0 Å². The van der Waals surface area contributed by atoms with Crippen molar-refractivity contribution in [1.29, 1.82) is 0 Å². The van der Waals surface area contributed by atoms with Crippen molar-refractivity contribution in [3.63, 3.8) is 0 Å². The second-order valence-corrected chi connectivity index (χ2v) is 5.26. The molecular weight excluding hydrogens is 264 g/mol. The molecule has 0 aromatic heterocycles. The molecule has 0 radical (unpaired) electrons. The molecule has 5 heteroatoms. The van der Waals surface area contributed by atoms with E-state index in [-0.39, 0.29) is 18.6 Å². The topological polar surface area (TPSA) is 52.6 Å². The summed E-state index contributed by atoms with van der Waals surface area (Å²) in [7, 11) is 0. The zero-order valence-electron chi connectivity index (χ0n) is 10.8. The van der Waals surface area contributed by atoms with Gasteiger partial charge in [-0.2, -0.15) is 0 Å².